The maximum atomic E-state index is 11.7. The summed E-state index contributed by atoms with van der Waals surface area (Å²) in [6.45, 7) is 3.45. The second-order valence-electron chi connectivity index (χ2n) is 5.38. The van der Waals surface area contributed by atoms with Gasteiger partial charge in [-0.05, 0) is 56.3 Å². The summed E-state index contributed by atoms with van der Waals surface area (Å²) in [4.78, 5) is 11.7. The van der Waals surface area contributed by atoms with E-state index in [1.165, 1.54) is 18.4 Å². The van der Waals surface area contributed by atoms with Gasteiger partial charge in [0, 0.05) is 10.5 Å². The first-order chi connectivity index (χ1) is 9.13. The van der Waals surface area contributed by atoms with Crippen molar-refractivity contribution in [3.05, 3.63) is 34.3 Å². The predicted molar refractivity (Wildman–Crippen MR) is 81.0 cm³/mol. The summed E-state index contributed by atoms with van der Waals surface area (Å²) in [5.41, 5.74) is 1.23. The number of benzene rings is 1. The molecule has 0 saturated heterocycles. The lowest BCUT2D eigenvalue weighted by Crippen LogP contribution is -2.40. The topological polar surface area (TPSA) is 41.1 Å². The van der Waals surface area contributed by atoms with E-state index in [-0.39, 0.29) is 11.9 Å². The van der Waals surface area contributed by atoms with Crippen LogP contribution in [0.15, 0.2) is 28.7 Å². The van der Waals surface area contributed by atoms with Crippen LogP contribution in [0.2, 0.25) is 0 Å². The van der Waals surface area contributed by atoms with Crippen molar-refractivity contribution in [2.45, 2.75) is 32.2 Å². The number of halogens is 1. The Morgan fingerprint density at radius 1 is 1.47 bits per heavy atom. The van der Waals surface area contributed by atoms with Gasteiger partial charge in [-0.15, -0.1) is 0 Å². The van der Waals surface area contributed by atoms with E-state index in [0.29, 0.717) is 6.54 Å². The van der Waals surface area contributed by atoms with E-state index in [9.17, 15) is 4.79 Å². The van der Waals surface area contributed by atoms with Crippen LogP contribution in [-0.2, 0) is 11.2 Å². The summed E-state index contributed by atoms with van der Waals surface area (Å²) in [6.07, 6.45) is 3.48. The molecule has 2 N–H and O–H groups in total. The number of rotatable bonds is 7. The molecule has 0 aliphatic heterocycles. The molecule has 3 nitrogen and oxygen atoms in total. The number of carbonyl (C=O) groups excluding carboxylic acids is 1. The zero-order valence-corrected chi connectivity index (χ0v) is 12.9. The second-order valence-corrected chi connectivity index (χ2v) is 6.29. The molecule has 1 aromatic rings. The van der Waals surface area contributed by atoms with E-state index in [0.717, 1.165) is 23.4 Å². The Labute approximate surface area is 123 Å². The third-order valence-corrected chi connectivity index (χ3v) is 3.75. The lowest BCUT2D eigenvalue weighted by molar-refractivity contribution is -0.120. The van der Waals surface area contributed by atoms with Gasteiger partial charge in [-0.2, -0.15) is 0 Å². The molecule has 1 saturated carbocycles. The molecule has 0 bridgehead atoms. The van der Waals surface area contributed by atoms with E-state index < -0.39 is 0 Å². The summed E-state index contributed by atoms with van der Waals surface area (Å²) < 4.78 is 1.08. The number of nitrogens with one attached hydrogen (secondary N) is 2. The lowest BCUT2D eigenvalue weighted by Gasteiger charge is -2.14. The largest absolute Gasteiger partial charge is 0.352 e. The van der Waals surface area contributed by atoms with Gasteiger partial charge in [-0.3, -0.25) is 4.79 Å². The Morgan fingerprint density at radius 3 is 2.95 bits per heavy atom. The van der Waals surface area contributed by atoms with Crippen molar-refractivity contribution < 1.29 is 4.79 Å². The molecule has 1 aromatic carbocycles. The summed E-state index contributed by atoms with van der Waals surface area (Å²) in [7, 11) is 0. The van der Waals surface area contributed by atoms with E-state index >= 15 is 0 Å². The van der Waals surface area contributed by atoms with Gasteiger partial charge in [0.15, 0.2) is 0 Å². The molecule has 0 radical (unpaired) electrons. The summed E-state index contributed by atoms with van der Waals surface area (Å²) in [5, 5.41) is 6.23. The standard InChI is InChI=1S/C15H21BrN2O/c1-11(7-13-3-2-4-14(16)8-13)18-15(19)10-17-9-12-5-6-12/h2-4,8,11-12,17H,5-7,9-10H2,1H3,(H,18,19). The van der Waals surface area contributed by atoms with Gasteiger partial charge >= 0.3 is 0 Å². The Hall–Kier alpha value is -0.870. The van der Waals surface area contributed by atoms with Gasteiger partial charge in [0.05, 0.1) is 6.54 Å². The van der Waals surface area contributed by atoms with Crippen LogP contribution in [0.25, 0.3) is 0 Å². The first kappa shape index (κ1) is 14.5. The average Bonchev–Trinajstić information content (AvgIpc) is 3.12. The predicted octanol–water partition coefficient (Wildman–Crippen LogP) is 2.50. The van der Waals surface area contributed by atoms with Crippen molar-refractivity contribution >= 4 is 21.8 Å². The highest BCUT2D eigenvalue weighted by Crippen LogP contribution is 2.27. The van der Waals surface area contributed by atoms with Crippen LogP contribution in [0.3, 0.4) is 0 Å². The summed E-state index contributed by atoms with van der Waals surface area (Å²) >= 11 is 3.46. The molecule has 0 aromatic heterocycles. The van der Waals surface area contributed by atoms with Gasteiger partial charge < -0.3 is 10.6 Å². The van der Waals surface area contributed by atoms with Crippen molar-refractivity contribution in [3.63, 3.8) is 0 Å². The normalized spacial score (nSPS) is 16.1. The number of hydrogen-bond acceptors (Lipinski definition) is 2. The van der Waals surface area contributed by atoms with Gasteiger partial charge in [0.1, 0.15) is 0 Å². The molecule has 104 valence electrons. The molecular formula is C15H21BrN2O. The molecule has 2 rings (SSSR count). The minimum absolute atomic E-state index is 0.0862. The van der Waals surface area contributed by atoms with E-state index in [1.807, 2.05) is 19.1 Å². The maximum Gasteiger partial charge on any atom is 0.234 e. The molecular weight excluding hydrogens is 304 g/mol. The van der Waals surface area contributed by atoms with Crippen molar-refractivity contribution in [2.75, 3.05) is 13.1 Å². The number of hydrogen-bond donors (Lipinski definition) is 2. The van der Waals surface area contributed by atoms with Crippen LogP contribution in [0.1, 0.15) is 25.3 Å². The van der Waals surface area contributed by atoms with E-state index in [2.05, 4.69) is 38.7 Å². The average molecular weight is 325 g/mol. The first-order valence-electron chi connectivity index (χ1n) is 6.88. The Morgan fingerprint density at radius 2 is 2.26 bits per heavy atom. The molecule has 1 atom stereocenters. The third-order valence-electron chi connectivity index (χ3n) is 3.25. The second kappa shape index (κ2) is 7.06. The highest BCUT2D eigenvalue weighted by atomic mass is 79.9. The van der Waals surface area contributed by atoms with Crippen LogP contribution in [-0.4, -0.2) is 25.0 Å². The monoisotopic (exact) mass is 324 g/mol. The molecule has 1 aliphatic rings. The van der Waals surface area contributed by atoms with Crippen molar-refractivity contribution in [1.82, 2.24) is 10.6 Å². The zero-order chi connectivity index (χ0) is 13.7. The lowest BCUT2D eigenvalue weighted by atomic mass is 10.1. The quantitative estimate of drug-likeness (QED) is 0.809. The van der Waals surface area contributed by atoms with Crippen LogP contribution >= 0.6 is 15.9 Å². The third kappa shape index (κ3) is 5.74. The van der Waals surface area contributed by atoms with Gasteiger partial charge in [-0.25, -0.2) is 0 Å². The van der Waals surface area contributed by atoms with Crippen molar-refractivity contribution in [1.29, 1.82) is 0 Å². The molecule has 1 fully saturated rings. The molecule has 0 heterocycles. The fourth-order valence-electron chi connectivity index (χ4n) is 2.11. The zero-order valence-electron chi connectivity index (χ0n) is 11.3. The maximum absolute atomic E-state index is 11.7. The summed E-state index contributed by atoms with van der Waals surface area (Å²) in [6, 6.07) is 8.36. The van der Waals surface area contributed by atoms with Crippen LogP contribution in [0.4, 0.5) is 0 Å². The van der Waals surface area contributed by atoms with Crippen LogP contribution < -0.4 is 10.6 Å². The summed E-state index contributed by atoms with van der Waals surface area (Å²) in [5.74, 6) is 0.898. The molecule has 1 unspecified atom stereocenters. The Bertz CT molecular complexity index is 432. The highest BCUT2D eigenvalue weighted by Gasteiger charge is 2.20. The fraction of sp³-hybridized carbons (Fsp3) is 0.533. The van der Waals surface area contributed by atoms with Crippen LogP contribution in [0.5, 0.6) is 0 Å². The SMILES string of the molecule is CC(Cc1cccc(Br)c1)NC(=O)CNCC1CC1. The van der Waals surface area contributed by atoms with Crippen molar-refractivity contribution in [3.8, 4) is 0 Å². The van der Waals surface area contributed by atoms with Gasteiger partial charge in [-0.1, -0.05) is 28.1 Å². The van der Waals surface area contributed by atoms with Crippen LogP contribution in [0, 0.1) is 5.92 Å². The number of carbonyl (C=O) groups is 1. The first-order valence-corrected chi connectivity index (χ1v) is 7.67. The van der Waals surface area contributed by atoms with Gasteiger partial charge in [0.25, 0.3) is 0 Å². The molecule has 19 heavy (non-hydrogen) atoms. The van der Waals surface area contributed by atoms with E-state index in [1.54, 1.807) is 0 Å². The van der Waals surface area contributed by atoms with E-state index in [4.69, 9.17) is 0 Å². The molecule has 4 heteroatoms. The molecule has 1 aliphatic carbocycles. The minimum atomic E-state index is 0.0862. The minimum Gasteiger partial charge on any atom is -0.352 e. The molecule has 0 spiro atoms. The smallest absolute Gasteiger partial charge is 0.234 e. The van der Waals surface area contributed by atoms with Gasteiger partial charge in [0.2, 0.25) is 5.91 Å². The Kier molecular flexibility index (Phi) is 5.40. The van der Waals surface area contributed by atoms with Crippen molar-refractivity contribution in [2.24, 2.45) is 5.92 Å². The Balaban J connectivity index is 1.67. The number of amides is 1. The highest BCUT2D eigenvalue weighted by molar-refractivity contribution is 9.10. The molecule has 1 amide bonds. The fourth-order valence-corrected chi connectivity index (χ4v) is 2.55.